The van der Waals surface area contributed by atoms with E-state index in [1.165, 1.54) is 4.90 Å². The number of rotatable bonds is 12. The Balaban J connectivity index is 3.54. The van der Waals surface area contributed by atoms with Gasteiger partial charge in [-0.2, -0.15) is 0 Å². The van der Waals surface area contributed by atoms with Gasteiger partial charge in [-0.05, 0) is 58.9 Å². The zero-order valence-corrected chi connectivity index (χ0v) is 23.6. The standard InChI is InChI=1S/C28H47N3O5/c1-10-14-20(6)29-25(33)23(21-16-13-15-19(5)24(21)32)31(17-11-2)26(34)22(18(4)12-3)30-27(35)36-28(7,8)9/h13,15-16,18,20,22-23,32H,10-12,14,17H2,1-9H3,(H,29,33)(H,30,35). The van der Waals surface area contributed by atoms with E-state index in [0.717, 1.165) is 12.8 Å². The maximum absolute atomic E-state index is 14.1. The fraction of sp³-hybridized carbons (Fsp3) is 0.679. The SMILES string of the molecule is CCCC(C)NC(=O)C(c1cccc(C)c1O)N(CCC)C(=O)C(NC(=O)OC(C)(C)C)C(C)CC. The molecule has 0 aliphatic carbocycles. The van der Waals surface area contributed by atoms with Crippen molar-refractivity contribution < 1.29 is 24.2 Å². The molecule has 0 spiro atoms. The average molecular weight is 506 g/mol. The maximum Gasteiger partial charge on any atom is 0.408 e. The number of hydrogen-bond donors (Lipinski definition) is 3. The summed E-state index contributed by atoms with van der Waals surface area (Å²) >= 11 is 0. The van der Waals surface area contributed by atoms with Crippen molar-refractivity contribution >= 4 is 17.9 Å². The number of aryl methyl sites for hydroxylation is 1. The number of phenolic OH excluding ortho intramolecular Hbond substituents is 1. The van der Waals surface area contributed by atoms with Crippen molar-refractivity contribution in [3.05, 3.63) is 29.3 Å². The molecule has 0 heterocycles. The van der Waals surface area contributed by atoms with E-state index < -0.39 is 23.8 Å². The first-order valence-corrected chi connectivity index (χ1v) is 13.2. The zero-order valence-electron chi connectivity index (χ0n) is 23.6. The summed E-state index contributed by atoms with van der Waals surface area (Å²) in [5, 5.41) is 16.7. The molecule has 3 amide bonds. The Labute approximate surface area is 217 Å². The summed E-state index contributed by atoms with van der Waals surface area (Å²) in [6.45, 7) is 17.0. The molecule has 1 aromatic rings. The summed E-state index contributed by atoms with van der Waals surface area (Å²) in [6.07, 6.45) is 2.22. The summed E-state index contributed by atoms with van der Waals surface area (Å²) in [6, 6.07) is 3.15. The van der Waals surface area contributed by atoms with Crippen molar-refractivity contribution in [3.63, 3.8) is 0 Å². The molecule has 0 aliphatic rings. The van der Waals surface area contributed by atoms with E-state index in [9.17, 15) is 19.5 Å². The van der Waals surface area contributed by atoms with Crippen molar-refractivity contribution in [1.82, 2.24) is 15.5 Å². The van der Waals surface area contributed by atoms with Gasteiger partial charge in [-0.3, -0.25) is 9.59 Å². The number of aromatic hydroxyl groups is 1. The fourth-order valence-electron chi connectivity index (χ4n) is 4.08. The zero-order chi connectivity index (χ0) is 27.6. The number of ether oxygens (including phenoxy) is 1. The number of carbonyl (C=O) groups excluding carboxylic acids is 3. The van der Waals surface area contributed by atoms with Gasteiger partial charge in [0.1, 0.15) is 23.4 Å². The average Bonchev–Trinajstić information content (AvgIpc) is 2.77. The fourth-order valence-corrected chi connectivity index (χ4v) is 4.08. The minimum absolute atomic E-state index is 0.0186. The molecule has 204 valence electrons. The lowest BCUT2D eigenvalue weighted by molar-refractivity contribution is -0.143. The van der Waals surface area contributed by atoms with E-state index in [1.807, 2.05) is 34.6 Å². The topological polar surface area (TPSA) is 108 Å². The van der Waals surface area contributed by atoms with Gasteiger partial charge in [0.05, 0.1) is 0 Å². The minimum Gasteiger partial charge on any atom is -0.507 e. The third kappa shape index (κ3) is 9.03. The molecule has 0 bridgehead atoms. The number of alkyl carbamates (subject to hydrolysis) is 1. The number of amides is 3. The van der Waals surface area contributed by atoms with Crippen LogP contribution in [0.15, 0.2) is 18.2 Å². The number of nitrogens with zero attached hydrogens (tertiary/aromatic N) is 1. The molecule has 0 aliphatic heterocycles. The smallest absolute Gasteiger partial charge is 0.408 e. The first-order valence-electron chi connectivity index (χ1n) is 13.2. The summed E-state index contributed by atoms with van der Waals surface area (Å²) in [7, 11) is 0. The van der Waals surface area contributed by atoms with E-state index in [2.05, 4.69) is 10.6 Å². The van der Waals surface area contributed by atoms with Crippen LogP contribution in [-0.2, 0) is 14.3 Å². The molecular formula is C28H47N3O5. The van der Waals surface area contributed by atoms with Gasteiger partial charge in [0.2, 0.25) is 11.8 Å². The third-order valence-electron chi connectivity index (χ3n) is 6.13. The first kappa shape index (κ1) is 31.3. The molecule has 4 atom stereocenters. The van der Waals surface area contributed by atoms with Gasteiger partial charge in [0.15, 0.2) is 0 Å². The van der Waals surface area contributed by atoms with Gasteiger partial charge in [-0.25, -0.2) is 4.79 Å². The number of hydrogen-bond acceptors (Lipinski definition) is 5. The Bertz CT molecular complexity index is 880. The molecular weight excluding hydrogens is 458 g/mol. The van der Waals surface area contributed by atoms with Crippen LogP contribution in [0.2, 0.25) is 0 Å². The Hall–Kier alpha value is -2.77. The second-order valence-electron chi connectivity index (χ2n) is 10.7. The maximum atomic E-state index is 14.1. The van der Waals surface area contributed by atoms with Crippen LogP contribution < -0.4 is 10.6 Å². The number of para-hydroxylation sites is 1. The van der Waals surface area contributed by atoms with Gasteiger partial charge in [0.25, 0.3) is 0 Å². The predicted molar refractivity (Wildman–Crippen MR) is 143 cm³/mol. The molecule has 8 nitrogen and oxygen atoms in total. The Morgan fingerprint density at radius 1 is 1.06 bits per heavy atom. The molecule has 0 saturated carbocycles. The molecule has 4 unspecified atom stereocenters. The van der Waals surface area contributed by atoms with E-state index in [4.69, 9.17) is 4.74 Å². The monoisotopic (exact) mass is 505 g/mol. The van der Waals surface area contributed by atoms with Crippen molar-refractivity contribution in [1.29, 1.82) is 0 Å². The van der Waals surface area contributed by atoms with E-state index in [1.54, 1.807) is 45.9 Å². The van der Waals surface area contributed by atoms with E-state index >= 15 is 0 Å². The van der Waals surface area contributed by atoms with Crippen LogP contribution in [0.3, 0.4) is 0 Å². The molecule has 8 heteroatoms. The van der Waals surface area contributed by atoms with Crippen molar-refractivity contribution in [2.75, 3.05) is 6.54 Å². The van der Waals surface area contributed by atoms with Gasteiger partial charge in [0, 0.05) is 18.2 Å². The van der Waals surface area contributed by atoms with Crippen molar-refractivity contribution in [2.45, 2.75) is 112 Å². The summed E-state index contributed by atoms with van der Waals surface area (Å²) in [5.74, 6) is -0.979. The molecule has 0 radical (unpaired) electrons. The molecule has 1 aromatic carbocycles. The number of phenols is 1. The second kappa shape index (κ2) is 14.1. The van der Waals surface area contributed by atoms with Crippen molar-refractivity contribution in [2.24, 2.45) is 5.92 Å². The summed E-state index contributed by atoms with van der Waals surface area (Å²) in [4.78, 5) is 41.8. The quantitative estimate of drug-likeness (QED) is 0.361. The number of nitrogens with one attached hydrogen (secondary N) is 2. The molecule has 3 N–H and O–H groups in total. The Morgan fingerprint density at radius 3 is 2.22 bits per heavy atom. The highest BCUT2D eigenvalue weighted by atomic mass is 16.6. The lowest BCUT2D eigenvalue weighted by atomic mass is 9.94. The largest absolute Gasteiger partial charge is 0.507 e. The third-order valence-corrected chi connectivity index (χ3v) is 6.13. The van der Waals surface area contributed by atoms with Crippen LogP contribution in [0.4, 0.5) is 4.79 Å². The van der Waals surface area contributed by atoms with Crippen molar-refractivity contribution in [3.8, 4) is 5.75 Å². The summed E-state index contributed by atoms with van der Waals surface area (Å²) < 4.78 is 5.42. The minimum atomic E-state index is -1.05. The molecule has 0 aromatic heterocycles. The molecule has 36 heavy (non-hydrogen) atoms. The van der Waals surface area contributed by atoms with Crippen LogP contribution in [-0.4, -0.2) is 52.1 Å². The highest BCUT2D eigenvalue weighted by Gasteiger charge is 2.39. The van der Waals surface area contributed by atoms with Crippen LogP contribution in [0.25, 0.3) is 0 Å². The van der Waals surface area contributed by atoms with Crippen LogP contribution in [0, 0.1) is 12.8 Å². The van der Waals surface area contributed by atoms with E-state index in [-0.39, 0.29) is 36.1 Å². The van der Waals surface area contributed by atoms with Gasteiger partial charge in [-0.15, -0.1) is 0 Å². The lowest BCUT2D eigenvalue weighted by Crippen LogP contribution is -2.55. The van der Waals surface area contributed by atoms with E-state index in [0.29, 0.717) is 24.0 Å². The molecule has 1 rings (SSSR count). The molecule has 0 saturated heterocycles. The first-order chi connectivity index (χ1) is 16.8. The normalized spacial score (nSPS) is 14.8. The predicted octanol–water partition coefficient (Wildman–Crippen LogP) is 5.22. The van der Waals surface area contributed by atoms with Crippen LogP contribution >= 0.6 is 0 Å². The van der Waals surface area contributed by atoms with Gasteiger partial charge >= 0.3 is 6.09 Å². The summed E-state index contributed by atoms with van der Waals surface area (Å²) in [5.41, 5.74) is 0.251. The lowest BCUT2D eigenvalue weighted by Gasteiger charge is -2.36. The highest BCUT2D eigenvalue weighted by Crippen LogP contribution is 2.33. The Morgan fingerprint density at radius 2 is 1.69 bits per heavy atom. The Kier molecular flexibility index (Phi) is 12.2. The van der Waals surface area contributed by atoms with Crippen LogP contribution in [0.1, 0.15) is 98.2 Å². The molecule has 0 fully saturated rings. The van der Waals surface area contributed by atoms with Gasteiger partial charge in [-0.1, -0.05) is 58.7 Å². The van der Waals surface area contributed by atoms with Crippen LogP contribution in [0.5, 0.6) is 5.75 Å². The number of carbonyl (C=O) groups is 3. The van der Waals surface area contributed by atoms with Gasteiger partial charge < -0.3 is 25.4 Å². The highest BCUT2D eigenvalue weighted by molar-refractivity contribution is 5.92. The second-order valence-corrected chi connectivity index (χ2v) is 10.7. The number of benzene rings is 1.